The lowest BCUT2D eigenvalue weighted by Crippen LogP contribution is -2.70. The molecule has 2 aromatic carbocycles. The summed E-state index contributed by atoms with van der Waals surface area (Å²) in [5, 5.41) is 24.7. The Morgan fingerprint density at radius 1 is 1.09 bits per heavy atom. The van der Waals surface area contributed by atoms with Gasteiger partial charge in [0.05, 0.1) is 24.1 Å². The number of aliphatic hydroxyl groups excluding tert-OH is 2. The van der Waals surface area contributed by atoms with Crippen LogP contribution in [0.5, 0.6) is 11.5 Å². The van der Waals surface area contributed by atoms with Crippen LogP contribution < -0.4 is 9.47 Å². The van der Waals surface area contributed by atoms with E-state index >= 15 is 0 Å². The summed E-state index contributed by atoms with van der Waals surface area (Å²) >= 11 is 6.06. The quantitative estimate of drug-likeness (QED) is 0.0427. The average Bonchev–Trinajstić information content (AvgIpc) is 4.04. The van der Waals surface area contributed by atoms with Crippen molar-refractivity contribution in [3.63, 3.8) is 0 Å². The predicted octanol–water partition coefficient (Wildman–Crippen LogP) is 7.83. The van der Waals surface area contributed by atoms with Crippen molar-refractivity contribution in [2.75, 3.05) is 58.5 Å². The van der Waals surface area contributed by atoms with Gasteiger partial charge in [-0.1, -0.05) is 42.3 Å². The Bertz CT molecular complexity index is 1750. The third-order valence-corrected chi connectivity index (χ3v) is 11.6. The molecule has 2 aliphatic carbocycles. The van der Waals surface area contributed by atoms with Crippen molar-refractivity contribution in [2.45, 2.75) is 95.6 Å². The molecule has 0 radical (unpaired) electrons. The molecule has 0 aromatic heterocycles. The molecule has 318 valence electrons. The van der Waals surface area contributed by atoms with Gasteiger partial charge in [0.2, 0.25) is 5.79 Å². The highest BCUT2D eigenvalue weighted by atomic mass is 35.5. The van der Waals surface area contributed by atoms with Gasteiger partial charge in [0.15, 0.2) is 0 Å². The number of oxime groups is 1. The van der Waals surface area contributed by atoms with Crippen LogP contribution in [0.15, 0.2) is 71.9 Å². The smallest absolute Gasteiger partial charge is 0.410 e. The molecule has 13 heteroatoms. The molecular weight excluding hydrogens is 765 g/mol. The third-order valence-electron chi connectivity index (χ3n) is 11.5. The minimum absolute atomic E-state index is 0.0223. The Kier molecular flexibility index (Phi) is 15.2. The fraction of sp³-hybridized carbons (Fsp3) is 0.600. The number of hydrogen-bond donors (Lipinski definition) is 2. The fourth-order valence-corrected chi connectivity index (χ4v) is 8.89. The minimum atomic E-state index is -1.48. The summed E-state index contributed by atoms with van der Waals surface area (Å²) in [5.74, 6) is -0.985. The van der Waals surface area contributed by atoms with E-state index < -0.39 is 35.3 Å². The number of benzene rings is 2. The van der Waals surface area contributed by atoms with Crippen molar-refractivity contribution in [1.29, 1.82) is 0 Å². The molecule has 11 nitrogen and oxygen atoms in total. The molecule has 2 fully saturated rings. The number of hydrogen-bond acceptors (Lipinski definition) is 10. The largest absolute Gasteiger partial charge is 0.492 e. The van der Waals surface area contributed by atoms with Crippen molar-refractivity contribution in [1.82, 2.24) is 9.80 Å². The highest BCUT2D eigenvalue weighted by Gasteiger charge is 2.65. The van der Waals surface area contributed by atoms with Crippen molar-refractivity contribution in [3.05, 3.63) is 83.7 Å². The minimum Gasteiger partial charge on any atom is -0.492 e. The first-order valence-electron chi connectivity index (χ1n) is 20.9. The number of aliphatic hydroxyl groups is 2. The number of alkyl halides is 1. The molecule has 0 unspecified atom stereocenters. The monoisotopic (exact) mass is 825 g/mol. The molecule has 2 aliphatic heterocycles. The zero-order valence-corrected chi connectivity index (χ0v) is 35.0. The molecule has 6 rings (SSSR count). The number of allylic oxidation sites excluding steroid dienone is 1. The van der Waals surface area contributed by atoms with Crippen LogP contribution in [-0.4, -0.2) is 108 Å². The normalized spacial score (nSPS) is 25.5. The van der Waals surface area contributed by atoms with Crippen molar-refractivity contribution < 1.29 is 43.2 Å². The second kappa shape index (κ2) is 20.1. The molecule has 2 heterocycles. The summed E-state index contributed by atoms with van der Waals surface area (Å²) in [6.45, 7) is 13.7. The Hall–Kier alpha value is -3.68. The molecule has 1 saturated carbocycles. The molecule has 1 amide bonds. The molecular formula is C45H61ClFN3O8. The van der Waals surface area contributed by atoms with Gasteiger partial charge >= 0.3 is 6.09 Å². The second-order valence-corrected chi connectivity index (χ2v) is 17.1. The van der Waals surface area contributed by atoms with E-state index in [2.05, 4.69) is 23.6 Å². The highest BCUT2D eigenvalue weighted by Crippen LogP contribution is 2.62. The van der Waals surface area contributed by atoms with Crippen LogP contribution in [0, 0.1) is 23.6 Å². The molecule has 58 heavy (non-hydrogen) atoms. The van der Waals surface area contributed by atoms with Gasteiger partial charge in [0.25, 0.3) is 0 Å². The van der Waals surface area contributed by atoms with E-state index in [0.29, 0.717) is 36.5 Å². The first-order chi connectivity index (χ1) is 28.0. The van der Waals surface area contributed by atoms with Crippen LogP contribution in [0.3, 0.4) is 0 Å². The molecule has 6 atom stereocenters. The lowest BCUT2D eigenvalue weighted by molar-refractivity contribution is -0.256. The number of amides is 1. The summed E-state index contributed by atoms with van der Waals surface area (Å²) in [5.41, 5.74) is 2.63. The summed E-state index contributed by atoms with van der Waals surface area (Å²) in [6.07, 6.45) is 8.14. The van der Waals surface area contributed by atoms with E-state index in [0.717, 1.165) is 62.2 Å². The maximum absolute atomic E-state index is 14.4. The molecule has 1 saturated heterocycles. The van der Waals surface area contributed by atoms with Gasteiger partial charge in [0, 0.05) is 57.3 Å². The van der Waals surface area contributed by atoms with Gasteiger partial charge in [-0.15, -0.1) is 18.2 Å². The predicted molar refractivity (Wildman–Crippen MR) is 222 cm³/mol. The van der Waals surface area contributed by atoms with E-state index in [-0.39, 0.29) is 63.0 Å². The van der Waals surface area contributed by atoms with Crippen molar-refractivity contribution in [2.24, 2.45) is 22.9 Å². The number of fused-ring (bicyclic) bond motifs is 2. The Morgan fingerprint density at radius 2 is 1.83 bits per heavy atom. The summed E-state index contributed by atoms with van der Waals surface area (Å²) in [6, 6.07) is 11.2. The zero-order valence-electron chi connectivity index (χ0n) is 34.3. The Labute approximate surface area is 347 Å². The molecule has 0 spiro atoms. The van der Waals surface area contributed by atoms with Crippen LogP contribution in [0.2, 0.25) is 0 Å². The van der Waals surface area contributed by atoms with Crippen LogP contribution in [0.25, 0.3) is 0 Å². The summed E-state index contributed by atoms with van der Waals surface area (Å²) < 4.78 is 40.7. The summed E-state index contributed by atoms with van der Waals surface area (Å²) in [7, 11) is 0. The van der Waals surface area contributed by atoms with Crippen LogP contribution in [0.4, 0.5) is 9.18 Å². The summed E-state index contributed by atoms with van der Waals surface area (Å²) in [4.78, 5) is 24.5. The zero-order chi connectivity index (χ0) is 41.3. The van der Waals surface area contributed by atoms with Crippen molar-refractivity contribution >= 4 is 23.4 Å². The van der Waals surface area contributed by atoms with E-state index in [1.165, 1.54) is 12.1 Å². The third kappa shape index (κ3) is 10.5. The second-order valence-electron chi connectivity index (χ2n) is 16.7. The lowest BCUT2D eigenvalue weighted by Gasteiger charge is -2.60. The Morgan fingerprint density at radius 3 is 2.50 bits per heavy atom. The van der Waals surface area contributed by atoms with E-state index in [1.807, 2.05) is 32.9 Å². The van der Waals surface area contributed by atoms with Crippen LogP contribution in [0.1, 0.15) is 82.8 Å². The number of rotatable bonds is 21. The van der Waals surface area contributed by atoms with Gasteiger partial charge in [0.1, 0.15) is 42.2 Å². The van der Waals surface area contributed by atoms with E-state index in [9.17, 15) is 19.4 Å². The first-order valence-corrected chi connectivity index (χ1v) is 21.4. The fourth-order valence-electron chi connectivity index (χ4n) is 8.81. The van der Waals surface area contributed by atoms with Gasteiger partial charge in [-0.2, -0.15) is 0 Å². The van der Waals surface area contributed by atoms with E-state index in [4.69, 9.17) is 40.5 Å². The van der Waals surface area contributed by atoms with Gasteiger partial charge in [-0.25, -0.2) is 9.18 Å². The van der Waals surface area contributed by atoms with Gasteiger partial charge in [-0.3, -0.25) is 9.80 Å². The van der Waals surface area contributed by atoms with Gasteiger partial charge < -0.3 is 34.0 Å². The van der Waals surface area contributed by atoms with Gasteiger partial charge in [-0.05, 0) is 99.8 Å². The topological polar surface area (TPSA) is 122 Å². The van der Waals surface area contributed by atoms with Crippen LogP contribution >= 0.6 is 11.6 Å². The number of halogens is 2. The number of unbranched alkanes of at least 4 members (excludes halogenated alkanes) is 2. The first kappa shape index (κ1) is 43.9. The number of carbonyl (C=O) groups excluding carboxylic acids is 1. The lowest BCUT2D eigenvalue weighted by atomic mass is 9.55. The number of nitrogens with zero attached hydrogens (tertiary/aromatic N) is 3. The average molecular weight is 826 g/mol. The number of ether oxygens (including phenoxy) is 4. The molecule has 0 bridgehead atoms. The maximum Gasteiger partial charge on any atom is 0.410 e. The van der Waals surface area contributed by atoms with E-state index in [1.54, 1.807) is 23.1 Å². The number of carbonyl (C=O) groups is 1. The van der Waals surface area contributed by atoms with Crippen LogP contribution in [-0.2, 0) is 20.9 Å². The molecule has 2 N–H and O–H groups in total. The molecule has 2 aromatic rings. The molecule has 4 aliphatic rings. The van der Waals surface area contributed by atoms with Crippen molar-refractivity contribution in [3.8, 4) is 11.5 Å². The standard InChI is InChI=1S/C45H61ClFN3O8/c1-5-24-56-45-40(50(43(53)55-25-18-46)30-31-12-14-33(47)15-13-31)29-38(48-58-44(2,3)4)36-27-32(10-6-8-22-51)35(11-7-9-23-52)41(42(36)45)37-28-34(16-17-39(37)57-45)54-26-21-49-19-20-49/h5,12-17,27-28,32,35,40-42,51-52H,1,6-11,18-26,29-30H2,2-4H3/t32-,35+,40-,41+,42+,45+/m0/s1. The SMILES string of the molecule is C=CCO[C@@]12Oc3ccc(OCCN4CC4)cc3[C@H]3[C@H](CCCCO)[C@@H](CCCCO)C=C(C(=NOC(C)(C)C)C[C@@H]1N(Cc1ccc(F)cc1)C(=O)OCCCl)[C@H]32. The Balaban J connectivity index is 1.58. The highest BCUT2D eigenvalue weighted by molar-refractivity contribution is 6.18. The maximum atomic E-state index is 14.4.